The number of carbonyl (C=O) groups is 2. The molecular formula is C15H18F2N2O2. The van der Waals surface area contributed by atoms with Crippen LogP contribution in [0.1, 0.15) is 30.6 Å². The zero-order chi connectivity index (χ0) is 15.6. The van der Waals surface area contributed by atoms with Gasteiger partial charge in [-0.15, -0.1) is 0 Å². The van der Waals surface area contributed by atoms with Gasteiger partial charge in [0.2, 0.25) is 5.91 Å². The van der Waals surface area contributed by atoms with E-state index >= 15 is 0 Å². The molecule has 6 heteroatoms. The molecule has 1 heterocycles. The summed E-state index contributed by atoms with van der Waals surface area (Å²) in [6.07, 6.45) is -2.24. The first-order valence-electron chi connectivity index (χ1n) is 6.89. The molecule has 2 rings (SSSR count). The quantitative estimate of drug-likeness (QED) is 0.927. The summed E-state index contributed by atoms with van der Waals surface area (Å²) in [5.41, 5.74) is 0.490. The van der Waals surface area contributed by atoms with Crippen LogP contribution < -0.4 is 10.2 Å². The Hall–Kier alpha value is -1.98. The van der Waals surface area contributed by atoms with E-state index in [-0.39, 0.29) is 17.2 Å². The second-order valence-electron chi connectivity index (χ2n) is 5.51. The molecule has 0 aliphatic carbocycles. The lowest BCUT2D eigenvalue weighted by Gasteiger charge is -2.25. The number of halogens is 2. The van der Waals surface area contributed by atoms with E-state index in [1.54, 1.807) is 12.1 Å². The van der Waals surface area contributed by atoms with Crippen molar-refractivity contribution in [2.24, 2.45) is 5.92 Å². The fraction of sp³-hybridized carbons (Fsp3) is 0.467. The largest absolute Gasteiger partial charge is 0.340 e. The number of nitrogens with one attached hydrogen (secondary N) is 1. The standard InChI is InChI=1S/C15H18F2N2O2/c1-9(2)7-11-15(21)19(8-13(16)17)12-6-4-3-5-10(12)14(20)18-11/h3-6,9,11,13H,7-8H2,1-2H3,(H,18,20). The van der Waals surface area contributed by atoms with E-state index in [4.69, 9.17) is 0 Å². The van der Waals surface area contributed by atoms with E-state index in [0.717, 1.165) is 4.90 Å². The van der Waals surface area contributed by atoms with E-state index in [1.807, 2.05) is 13.8 Å². The van der Waals surface area contributed by atoms with Gasteiger partial charge in [0.05, 0.1) is 17.8 Å². The molecular weight excluding hydrogens is 278 g/mol. The third-order valence-corrected chi connectivity index (χ3v) is 3.34. The number of fused-ring (bicyclic) bond motifs is 1. The lowest BCUT2D eigenvalue weighted by atomic mass is 10.0. The van der Waals surface area contributed by atoms with Crippen molar-refractivity contribution in [1.82, 2.24) is 5.32 Å². The molecule has 1 atom stereocenters. The average molecular weight is 296 g/mol. The first-order valence-corrected chi connectivity index (χ1v) is 6.89. The maximum absolute atomic E-state index is 12.8. The first kappa shape index (κ1) is 15.4. The van der Waals surface area contributed by atoms with Gasteiger partial charge in [-0.25, -0.2) is 8.78 Å². The molecule has 0 bridgehead atoms. The number of anilines is 1. The summed E-state index contributed by atoms with van der Waals surface area (Å²) in [6.45, 7) is 3.11. The number of para-hydroxylation sites is 1. The fourth-order valence-corrected chi connectivity index (χ4v) is 2.46. The molecule has 1 aliphatic heterocycles. The van der Waals surface area contributed by atoms with Gasteiger partial charge in [-0.2, -0.15) is 0 Å². The van der Waals surface area contributed by atoms with E-state index in [2.05, 4.69) is 5.32 Å². The summed E-state index contributed by atoms with van der Waals surface area (Å²) in [7, 11) is 0. The highest BCUT2D eigenvalue weighted by molar-refractivity contribution is 6.10. The first-order chi connectivity index (χ1) is 9.90. The Bertz CT molecular complexity index is 546. The third-order valence-electron chi connectivity index (χ3n) is 3.34. The molecule has 1 aromatic carbocycles. The zero-order valence-electron chi connectivity index (χ0n) is 12.0. The molecule has 0 spiro atoms. The van der Waals surface area contributed by atoms with Crippen molar-refractivity contribution in [3.63, 3.8) is 0 Å². The third kappa shape index (κ3) is 3.37. The van der Waals surface area contributed by atoms with Crippen molar-refractivity contribution in [3.05, 3.63) is 29.8 Å². The van der Waals surface area contributed by atoms with E-state index in [9.17, 15) is 18.4 Å². The van der Waals surface area contributed by atoms with Crippen LogP contribution in [0.15, 0.2) is 24.3 Å². The molecule has 4 nitrogen and oxygen atoms in total. The molecule has 0 aromatic heterocycles. The highest BCUT2D eigenvalue weighted by Crippen LogP contribution is 2.26. The van der Waals surface area contributed by atoms with Crippen LogP contribution in [0.2, 0.25) is 0 Å². The summed E-state index contributed by atoms with van der Waals surface area (Å²) >= 11 is 0. The van der Waals surface area contributed by atoms with Gasteiger partial charge in [-0.3, -0.25) is 9.59 Å². The summed E-state index contributed by atoms with van der Waals surface area (Å²) in [4.78, 5) is 25.7. The maximum Gasteiger partial charge on any atom is 0.256 e. The minimum absolute atomic E-state index is 0.161. The Balaban J connectivity index is 2.43. The van der Waals surface area contributed by atoms with Crippen LogP contribution in [-0.4, -0.2) is 30.8 Å². The molecule has 1 unspecified atom stereocenters. The molecule has 0 saturated carbocycles. The molecule has 0 radical (unpaired) electrons. The predicted octanol–water partition coefficient (Wildman–Crippen LogP) is 2.44. The van der Waals surface area contributed by atoms with E-state index < -0.39 is 30.8 Å². The summed E-state index contributed by atoms with van der Waals surface area (Å²) in [5.74, 6) is -0.725. The molecule has 1 N–H and O–H groups in total. The smallest absolute Gasteiger partial charge is 0.256 e. The van der Waals surface area contributed by atoms with Gasteiger partial charge in [-0.05, 0) is 24.5 Å². The molecule has 114 valence electrons. The highest BCUT2D eigenvalue weighted by Gasteiger charge is 2.34. The second kappa shape index (κ2) is 6.20. The normalized spacial score (nSPS) is 18.8. The van der Waals surface area contributed by atoms with Crippen LogP contribution in [0, 0.1) is 5.92 Å². The minimum atomic E-state index is -2.66. The summed E-state index contributed by atoms with van der Waals surface area (Å²) in [5, 5.41) is 2.64. The Morgan fingerprint density at radius 3 is 2.52 bits per heavy atom. The average Bonchev–Trinajstić information content (AvgIpc) is 2.50. The predicted molar refractivity (Wildman–Crippen MR) is 75.5 cm³/mol. The number of carbonyl (C=O) groups excluding carboxylic acids is 2. The SMILES string of the molecule is CC(C)CC1NC(=O)c2ccccc2N(CC(F)F)C1=O. The van der Waals surface area contributed by atoms with Crippen LogP contribution >= 0.6 is 0 Å². The molecule has 0 saturated heterocycles. The Morgan fingerprint density at radius 2 is 1.90 bits per heavy atom. The van der Waals surface area contributed by atoms with Crippen LogP contribution in [0.4, 0.5) is 14.5 Å². The monoisotopic (exact) mass is 296 g/mol. The number of hydrogen-bond donors (Lipinski definition) is 1. The van der Waals surface area contributed by atoms with Gasteiger partial charge in [-0.1, -0.05) is 26.0 Å². The number of benzene rings is 1. The van der Waals surface area contributed by atoms with Crippen molar-refractivity contribution in [3.8, 4) is 0 Å². The number of rotatable bonds is 4. The second-order valence-corrected chi connectivity index (χ2v) is 5.51. The van der Waals surface area contributed by atoms with Gasteiger partial charge in [0, 0.05) is 0 Å². The van der Waals surface area contributed by atoms with Crippen LogP contribution in [0.25, 0.3) is 0 Å². The number of alkyl halides is 2. The number of hydrogen-bond acceptors (Lipinski definition) is 2. The van der Waals surface area contributed by atoms with Gasteiger partial charge in [0.1, 0.15) is 6.04 Å². The summed E-state index contributed by atoms with van der Waals surface area (Å²) < 4.78 is 25.6. The topological polar surface area (TPSA) is 49.4 Å². The summed E-state index contributed by atoms with van der Waals surface area (Å²) in [6, 6.07) is 5.55. The maximum atomic E-state index is 12.8. The van der Waals surface area contributed by atoms with Crippen molar-refractivity contribution in [2.75, 3.05) is 11.4 Å². The Morgan fingerprint density at radius 1 is 1.24 bits per heavy atom. The Kier molecular flexibility index (Phi) is 4.55. The molecule has 0 fully saturated rings. The molecule has 21 heavy (non-hydrogen) atoms. The minimum Gasteiger partial charge on any atom is -0.340 e. The van der Waals surface area contributed by atoms with Crippen molar-refractivity contribution < 1.29 is 18.4 Å². The Labute approximate surface area is 122 Å². The van der Waals surface area contributed by atoms with E-state index in [1.165, 1.54) is 12.1 Å². The zero-order valence-corrected chi connectivity index (χ0v) is 12.0. The molecule has 1 aromatic rings. The van der Waals surface area contributed by atoms with Crippen LogP contribution in [-0.2, 0) is 4.79 Å². The lowest BCUT2D eigenvalue weighted by Crippen LogP contribution is -2.47. The number of amides is 2. The van der Waals surface area contributed by atoms with Crippen molar-refractivity contribution in [1.29, 1.82) is 0 Å². The van der Waals surface area contributed by atoms with Crippen molar-refractivity contribution >= 4 is 17.5 Å². The van der Waals surface area contributed by atoms with Crippen LogP contribution in [0.3, 0.4) is 0 Å². The van der Waals surface area contributed by atoms with E-state index in [0.29, 0.717) is 6.42 Å². The van der Waals surface area contributed by atoms with Gasteiger partial charge < -0.3 is 10.2 Å². The molecule has 1 aliphatic rings. The van der Waals surface area contributed by atoms with Gasteiger partial charge >= 0.3 is 0 Å². The lowest BCUT2D eigenvalue weighted by molar-refractivity contribution is -0.121. The van der Waals surface area contributed by atoms with Crippen LogP contribution in [0.5, 0.6) is 0 Å². The van der Waals surface area contributed by atoms with Gasteiger partial charge in [0.25, 0.3) is 12.3 Å². The fourth-order valence-electron chi connectivity index (χ4n) is 2.46. The van der Waals surface area contributed by atoms with Crippen molar-refractivity contribution in [2.45, 2.75) is 32.7 Å². The van der Waals surface area contributed by atoms with Gasteiger partial charge in [0.15, 0.2) is 0 Å². The highest BCUT2D eigenvalue weighted by atomic mass is 19.3. The molecule has 2 amide bonds. The number of nitrogens with zero attached hydrogens (tertiary/aromatic N) is 1.